The van der Waals surface area contributed by atoms with E-state index in [1.165, 1.54) is 38.5 Å². The van der Waals surface area contributed by atoms with Gasteiger partial charge in [0.05, 0.1) is 24.4 Å². The Kier molecular flexibility index (Phi) is 4.52. The van der Waals surface area contributed by atoms with Gasteiger partial charge in [0.2, 0.25) is 0 Å². The molecule has 6 aliphatic rings. The van der Waals surface area contributed by atoms with E-state index in [-0.39, 0.29) is 44.9 Å². The molecule has 5 saturated carbocycles. The van der Waals surface area contributed by atoms with Gasteiger partial charge in [-0.15, -0.1) is 0 Å². The molecule has 1 aliphatic heterocycles. The molecule has 33 heavy (non-hydrogen) atoms. The average Bonchev–Trinajstić information content (AvgIpc) is 2.99. The van der Waals surface area contributed by atoms with E-state index in [2.05, 4.69) is 48.5 Å². The number of aliphatic hydroxyl groups is 2. The maximum absolute atomic E-state index is 11.9. The second-order valence-corrected chi connectivity index (χ2v) is 15.9. The van der Waals surface area contributed by atoms with Crippen molar-refractivity contribution in [3.63, 3.8) is 0 Å². The number of fused-ring (bicyclic) bond motifs is 4. The summed E-state index contributed by atoms with van der Waals surface area (Å²) in [6, 6.07) is 0. The van der Waals surface area contributed by atoms with Crippen molar-refractivity contribution >= 4 is 0 Å². The normalized spacial score (nSPS) is 60.8. The Labute approximate surface area is 202 Å². The van der Waals surface area contributed by atoms with Gasteiger partial charge < -0.3 is 14.9 Å². The number of hydrogen-bond acceptors (Lipinski definition) is 3. The highest BCUT2D eigenvalue weighted by Gasteiger charge is 2.79. The van der Waals surface area contributed by atoms with Gasteiger partial charge in [0.25, 0.3) is 0 Å². The maximum atomic E-state index is 11.9. The van der Waals surface area contributed by atoms with Crippen LogP contribution < -0.4 is 0 Å². The zero-order valence-corrected chi connectivity index (χ0v) is 22.5. The molecule has 10 atom stereocenters. The summed E-state index contributed by atoms with van der Waals surface area (Å²) < 4.78 is 7.11. The lowest BCUT2D eigenvalue weighted by Gasteiger charge is -2.75. The molecule has 0 aromatic rings. The highest BCUT2D eigenvalue weighted by atomic mass is 16.5. The molecule has 0 aromatic heterocycles. The van der Waals surface area contributed by atoms with Crippen LogP contribution in [-0.2, 0) is 4.74 Å². The van der Waals surface area contributed by atoms with Gasteiger partial charge in [0.1, 0.15) is 0 Å². The predicted octanol–water partition coefficient (Wildman–Crippen LogP) is 6.35. The predicted molar refractivity (Wildman–Crippen MR) is 132 cm³/mol. The minimum atomic E-state index is -0.232. The van der Waals surface area contributed by atoms with Crippen LogP contribution in [0.15, 0.2) is 0 Å². The molecule has 0 radical (unpaired) electrons. The van der Waals surface area contributed by atoms with E-state index in [1.807, 2.05) is 0 Å². The fourth-order valence-electron chi connectivity index (χ4n) is 12.0. The molecule has 1 saturated heterocycles. The van der Waals surface area contributed by atoms with Crippen LogP contribution >= 0.6 is 0 Å². The van der Waals surface area contributed by atoms with Gasteiger partial charge in [0, 0.05) is 10.8 Å². The number of rotatable bonds is 0. The van der Waals surface area contributed by atoms with Crippen molar-refractivity contribution in [1.82, 2.24) is 0 Å². The molecule has 3 heteroatoms. The molecule has 2 bridgehead atoms. The molecule has 5 aliphatic carbocycles. The van der Waals surface area contributed by atoms with Crippen LogP contribution in [-0.4, -0.2) is 34.6 Å². The largest absolute Gasteiger partial charge is 0.393 e. The maximum Gasteiger partial charge on any atom is 0.0777 e. The van der Waals surface area contributed by atoms with Crippen LogP contribution in [0.2, 0.25) is 0 Å². The van der Waals surface area contributed by atoms with E-state index in [1.54, 1.807) is 0 Å². The van der Waals surface area contributed by atoms with Crippen LogP contribution in [0, 0.1) is 50.2 Å². The summed E-state index contributed by atoms with van der Waals surface area (Å²) >= 11 is 0. The summed E-state index contributed by atoms with van der Waals surface area (Å²) in [5.74, 6) is 1.72. The van der Waals surface area contributed by atoms with Crippen LogP contribution in [0.4, 0.5) is 0 Å². The molecule has 188 valence electrons. The Balaban J connectivity index is 1.45. The number of ether oxygens (including phenoxy) is 1. The van der Waals surface area contributed by atoms with Crippen LogP contribution in [0.25, 0.3) is 0 Å². The molecule has 0 unspecified atom stereocenters. The van der Waals surface area contributed by atoms with E-state index in [4.69, 9.17) is 4.74 Å². The first-order valence-electron chi connectivity index (χ1n) is 14.2. The van der Waals surface area contributed by atoms with E-state index in [0.717, 1.165) is 32.3 Å². The lowest BCUT2D eigenvalue weighted by Crippen LogP contribution is -2.73. The quantitative estimate of drug-likeness (QED) is 0.444. The lowest BCUT2D eigenvalue weighted by atomic mass is 9.30. The molecule has 6 fully saturated rings. The molecular formula is C30H50O3. The monoisotopic (exact) mass is 458 g/mol. The Morgan fingerprint density at radius 3 is 2.09 bits per heavy atom. The minimum Gasteiger partial charge on any atom is -0.393 e. The first kappa shape index (κ1) is 23.3. The Bertz CT molecular complexity index is 849. The van der Waals surface area contributed by atoms with Crippen molar-refractivity contribution in [2.75, 3.05) is 6.61 Å². The van der Waals surface area contributed by atoms with Crippen molar-refractivity contribution in [3.8, 4) is 0 Å². The van der Waals surface area contributed by atoms with E-state index in [9.17, 15) is 10.2 Å². The smallest absolute Gasteiger partial charge is 0.0777 e. The molecule has 3 nitrogen and oxygen atoms in total. The third-order valence-corrected chi connectivity index (χ3v) is 14.2. The van der Waals surface area contributed by atoms with Crippen LogP contribution in [0.1, 0.15) is 113 Å². The number of hydrogen-bond donors (Lipinski definition) is 2. The first-order chi connectivity index (χ1) is 15.2. The van der Waals surface area contributed by atoms with Crippen molar-refractivity contribution in [1.29, 1.82) is 0 Å². The molecule has 1 heterocycles. The van der Waals surface area contributed by atoms with Gasteiger partial charge in [0.15, 0.2) is 0 Å². The van der Waals surface area contributed by atoms with Gasteiger partial charge in [-0.25, -0.2) is 0 Å². The van der Waals surface area contributed by atoms with Gasteiger partial charge in [-0.2, -0.15) is 0 Å². The fourth-order valence-corrected chi connectivity index (χ4v) is 12.0. The highest BCUT2D eigenvalue weighted by Crippen LogP contribution is 2.80. The van der Waals surface area contributed by atoms with Crippen molar-refractivity contribution in [3.05, 3.63) is 0 Å². The third-order valence-electron chi connectivity index (χ3n) is 14.2. The lowest BCUT2D eigenvalue weighted by molar-refractivity contribution is -0.298. The second-order valence-electron chi connectivity index (χ2n) is 15.9. The first-order valence-corrected chi connectivity index (χ1v) is 14.2. The minimum absolute atomic E-state index is 0.00370. The highest BCUT2D eigenvalue weighted by molar-refractivity contribution is 5.28. The van der Waals surface area contributed by atoms with E-state index in [0.29, 0.717) is 23.2 Å². The second kappa shape index (κ2) is 6.41. The van der Waals surface area contributed by atoms with Gasteiger partial charge in [-0.05, 0) is 104 Å². The SMILES string of the molecule is CC1(C)CC[C@]23CO[C@@]4(CC[C@@H]5[C@@]6(C)CC[C@H](O)C(C)(C)[C@@H]6CC[C@@]5(C)[C@]4(C)C[C@H]2O)[C@@H]3C1. The average molecular weight is 459 g/mol. The van der Waals surface area contributed by atoms with Gasteiger partial charge >= 0.3 is 0 Å². The van der Waals surface area contributed by atoms with Crippen molar-refractivity contribution < 1.29 is 14.9 Å². The topological polar surface area (TPSA) is 49.7 Å². The standard InChI is InChI=1S/C30H50O3/c1-24(2)14-15-29-18-33-30(21(29)16-24)13-9-20-26(5)11-10-22(31)25(3,4)19(26)8-12-27(20,6)28(30,7)17-23(29)32/h19-23,31-32H,8-18H2,1-7H3/t19-,20+,21+,22-,23+,26-,27+,28-,29+,30-/m0/s1. The summed E-state index contributed by atoms with van der Waals surface area (Å²) in [5.41, 5.74) is 0.714. The van der Waals surface area contributed by atoms with Gasteiger partial charge in [-0.3, -0.25) is 0 Å². The Hall–Kier alpha value is -0.120. The fraction of sp³-hybridized carbons (Fsp3) is 1.00. The molecule has 0 aromatic carbocycles. The number of aliphatic hydroxyl groups excluding tert-OH is 2. The Morgan fingerprint density at radius 1 is 0.667 bits per heavy atom. The summed E-state index contributed by atoms with van der Waals surface area (Å²) in [6.07, 6.45) is 11.0. The van der Waals surface area contributed by atoms with Crippen molar-refractivity contribution in [2.45, 2.75) is 130 Å². The summed E-state index contributed by atoms with van der Waals surface area (Å²) in [6.45, 7) is 18.1. The summed E-state index contributed by atoms with van der Waals surface area (Å²) in [5, 5.41) is 22.8. The molecule has 1 spiro atoms. The van der Waals surface area contributed by atoms with Crippen LogP contribution in [0.3, 0.4) is 0 Å². The third kappa shape index (κ3) is 2.45. The molecule has 2 N–H and O–H groups in total. The summed E-state index contributed by atoms with van der Waals surface area (Å²) in [7, 11) is 0. The molecular weight excluding hydrogens is 408 g/mol. The molecule has 0 amide bonds. The Morgan fingerprint density at radius 2 is 1.36 bits per heavy atom. The molecule has 6 rings (SSSR count). The summed E-state index contributed by atoms with van der Waals surface area (Å²) in [4.78, 5) is 0. The van der Waals surface area contributed by atoms with Crippen LogP contribution in [0.5, 0.6) is 0 Å². The zero-order valence-electron chi connectivity index (χ0n) is 22.5. The van der Waals surface area contributed by atoms with Gasteiger partial charge in [-0.1, -0.05) is 48.5 Å². The van der Waals surface area contributed by atoms with Crippen molar-refractivity contribution in [2.24, 2.45) is 50.2 Å². The van der Waals surface area contributed by atoms with E-state index >= 15 is 0 Å². The van der Waals surface area contributed by atoms with E-state index < -0.39 is 0 Å². The zero-order chi connectivity index (χ0) is 23.9.